The van der Waals surface area contributed by atoms with Crippen molar-refractivity contribution in [1.29, 1.82) is 5.41 Å². The summed E-state index contributed by atoms with van der Waals surface area (Å²) in [6, 6.07) is 0. The van der Waals surface area contributed by atoms with Crippen LogP contribution in [0.4, 0.5) is 0 Å². The van der Waals surface area contributed by atoms with Gasteiger partial charge in [0.05, 0.1) is 0 Å². The van der Waals surface area contributed by atoms with Crippen molar-refractivity contribution in [3.63, 3.8) is 0 Å². The fourth-order valence-electron chi connectivity index (χ4n) is 1.50. The lowest BCUT2D eigenvalue weighted by atomic mass is 10.3. The van der Waals surface area contributed by atoms with E-state index in [1.54, 1.807) is 0 Å². The predicted octanol–water partition coefficient (Wildman–Crippen LogP) is 1.00. The van der Waals surface area contributed by atoms with Crippen molar-refractivity contribution in [2.45, 2.75) is 25.7 Å². The van der Waals surface area contributed by atoms with E-state index in [2.05, 4.69) is 4.90 Å². The first-order valence-electron chi connectivity index (χ1n) is 4.84. The molecule has 3 N–H and O–H groups in total. The molecule has 0 aromatic heterocycles. The molecule has 0 aromatic rings. The smallest absolute Gasteiger partial charge is 0.188 e. The molecule has 2 fully saturated rings. The summed E-state index contributed by atoms with van der Waals surface area (Å²) in [7, 11) is 0. The van der Waals surface area contributed by atoms with Gasteiger partial charge in [0.25, 0.3) is 0 Å². The topological polar surface area (TPSA) is 53.1 Å². The number of nitrogens with two attached hydrogens (primary N) is 1. The van der Waals surface area contributed by atoms with E-state index in [0.29, 0.717) is 0 Å². The van der Waals surface area contributed by atoms with Crippen LogP contribution in [-0.4, -0.2) is 23.9 Å². The van der Waals surface area contributed by atoms with Crippen LogP contribution >= 0.6 is 0 Å². The molecule has 0 amide bonds. The normalized spacial score (nSPS) is 22.3. The number of nitrogens with zero attached hydrogens (tertiary/aromatic N) is 1. The zero-order chi connectivity index (χ0) is 8.55. The molecule has 2 aliphatic rings. The third-order valence-corrected chi connectivity index (χ3v) is 2.69. The van der Waals surface area contributed by atoms with Gasteiger partial charge in [-0.05, 0) is 37.5 Å². The molecule has 3 nitrogen and oxygen atoms in total. The Labute approximate surface area is 73.4 Å². The number of nitrogens with one attached hydrogen (secondary N) is 1. The van der Waals surface area contributed by atoms with Gasteiger partial charge < -0.3 is 10.6 Å². The summed E-state index contributed by atoms with van der Waals surface area (Å²) < 4.78 is 0. The van der Waals surface area contributed by atoms with Crippen LogP contribution in [0.25, 0.3) is 0 Å². The number of hydrogen-bond donors (Lipinski definition) is 2. The molecule has 12 heavy (non-hydrogen) atoms. The van der Waals surface area contributed by atoms with Crippen LogP contribution in [0.2, 0.25) is 0 Å². The summed E-state index contributed by atoms with van der Waals surface area (Å²) in [5, 5.41) is 7.40. The fourth-order valence-corrected chi connectivity index (χ4v) is 1.50. The lowest BCUT2D eigenvalue weighted by Crippen LogP contribution is -2.39. The fraction of sp³-hybridized carbons (Fsp3) is 0.889. The van der Waals surface area contributed by atoms with Gasteiger partial charge in [0.1, 0.15) is 0 Å². The largest absolute Gasteiger partial charge is 0.370 e. The van der Waals surface area contributed by atoms with Gasteiger partial charge in [-0.2, -0.15) is 0 Å². The lowest BCUT2D eigenvalue weighted by molar-refractivity contribution is 0.377. The second-order valence-corrected chi connectivity index (χ2v) is 4.18. The number of rotatable bonds is 4. The maximum Gasteiger partial charge on any atom is 0.188 e. The van der Waals surface area contributed by atoms with E-state index >= 15 is 0 Å². The van der Waals surface area contributed by atoms with Crippen molar-refractivity contribution in [1.82, 2.24) is 4.90 Å². The number of guanidine groups is 1. The molecule has 0 radical (unpaired) electrons. The monoisotopic (exact) mass is 167 g/mol. The number of hydrogen-bond acceptors (Lipinski definition) is 1. The van der Waals surface area contributed by atoms with Gasteiger partial charge in [-0.25, -0.2) is 0 Å². The highest BCUT2D eigenvalue weighted by Gasteiger charge is 2.29. The van der Waals surface area contributed by atoms with Gasteiger partial charge in [-0.15, -0.1) is 0 Å². The highest BCUT2D eigenvalue weighted by Crippen LogP contribution is 2.33. The molecule has 0 saturated heterocycles. The molecule has 0 unspecified atom stereocenters. The van der Waals surface area contributed by atoms with Crippen LogP contribution in [0.3, 0.4) is 0 Å². The molecular formula is C9H17N3. The van der Waals surface area contributed by atoms with E-state index < -0.39 is 0 Å². The third kappa shape index (κ3) is 2.13. The van der Waals surface area contributed by atoms with Crippen molar-refractivity contribution < 1.29 is 0 Å². The van der Waals surface area contributed by atoms with Crippen molar-refractivity contribution in [2.24, 2.45) is 17.6 Å². The molecular weight excluding hydrogens is 150 g/mol. The minimum absolute atomic E-state index is 0.272. The molecule has 2 saturated carbocycles. The van der Waals surface area contributed by atoms with Gasteiger partial charge in [-0.3, -0.25) is 5.41 Å². The second-order valence-electron chi connectivity index (χ2n) is 4.18. The van der Waals surface area contributed by atoms with Crippen LogP contribution in [0.15, 0.2) is 0 Å². The third-order valence-electron chi connectivity index (χ3n) is 2.69. The Morgan fingerprint density at radius 3 is 1.83 bits per heavy atom. The summed E-state index contributed by atoms with van der Waals surface area (Å²) in [6.45, 7) is 2.07. The highest BCUT2D eigenvalue weighted by atomic mass is 15.2. The van der Waals surface area contributed by atoms with E-state index in [1.165, 1.54) is 25.7 Å². The van der Waals surface area contributed by atoms with Crippen molar-refractivity contribution in [2.75, 3.05) is 13.1 Å². The molecule has 0 bridgehead atoms. The van der Waals surface area contributed by atoms with Crippen LogP contribution < -0.4 is 5.73 Å². The Hall–Kier alpha value is -0.730. The van der Waals surface area contributed by atoms with Crippen LogP contribution in [-0.2, 0) is 0 Å². The van der Waals surface area contributed by atoms with Crippen molar-refractivity contribution in [3.05, 3.63) is 0 Å². The van der Waals surface area contributed by atoms with Crippen molar-refractivity contribution in [3.8, 4) is 0 Å². The Morgan fingerprint density at radius 1 is 1.17 bits per heavy atom. The zero-order valence-corrected chi connectivity index (χ0v) is 7.42. The summed E-state index contributed by atoms with van der Waals surface area (Å²) in [6.07, 6.45) is 5.37. The average Bonchev–Trinajstić information content (AvgIpc) is 2.78. The first kappa shape index (κ1) is 7.90. The molecule has 68 valence electrons. The van der Waals surface area contributed by atoms with E-state index in [1.807, 2.05) is 0 Å². The molecule has 0 aliphatic heterocycles. The summed E-state index contributed by atoms with van der Waals surface area (Å²) in [5.74, 6) is 1.95. The van der Waals surface area contributed by atoms with Gasteiger partial charge in [0.2, 0.25) is 0 Å². The minimum atomic E-state index is 0.272. The van der Waals surface area contributed by atoms with Crippen LogP contribution in [0, 0.1) is 17.2 Å². The molecule has 2 aliphatic carbocycles. The highest BCUT2D eigenvalue weighted by molar-refractivity contribution is 5.74. The quantitative estimate of drug-likeness (QED) is 0.485. The van der Waals surface area contributed by atoms with Gasteiger partial charge >= 0.3 is 0 Å². The summed E-state index contributed by atoms with van der Waals surface area (Å²) in [5.41, 5.74) is 5.50. The standard InChI is InChI=1S/C9H17N3/c10-9(11)12(5-7-1-2-7)6-8-3-4-8/h7-8H,1-6H2,(H3,10,11). The SMILES string of the molecule is N=C(N)N(CC1CC1)CC1CC1. The Kier molecular flexibility index (Phi) is 1.95. The van der Waals surface area contributed by atoms with E-state index in [-0.39, 0.29) is 5.96 Å². The summed E-state index contributed by atoms with van der Waals surface area (Å²) in [4.78, 5) is 2.05. The Morgan fingerprint density at radius 2 is 1.58 bits per heavy atom. The van der Waals surface area contributed by atoms with Crippen LogP contribution in [0.1, 0.15) is 25.7 Å². The first-order valence-corrected chi connectivity index (χ1v) is 4.84. The van der Waals surface area contributed by atoms with E-state index in [9.17, 15) is 0 Å². The lowest BCUT2D eigenvalue weighted by Gasteiger charge is -2.22. The van der Waals surface area contributed by atoms with Gasteiger partial charge in [-0.1, -0.05) is 0 Å². The van der Waals surface area contributed by atoms with Gasteiger partial charge in [0.15, 0.2) is 5.96 Å². The van der Waals surface area contributed by atoms with Gasteiger partial charge in [0, 0.05) is 13.1 Å². The van der Waals surface area contributed by atoms with E-state index in [4.69, 9.17) is 11.1 Å². The second kappa shape index (κ2) is 2.96. The average molecular weight is 167 g/mol. The van der Waals surface area contributed by atoms with Crippen molar-refractivity contribution >= 4 is 5.96 Å². The molecule has 0 aromatic carbocycles. The predicted molar refractivity (Wildman–Crippen MR) is 48.9 cm³/mol. The molecule has 0 spiro atoms. The van der Waals surface area contributed by atoms with E-state index in [0.717, 1.165) is 24.9 Å². The minimum Gasteiger partial charge on any atom is -0.370 e. The molecule has 3 heteroatoms. The maximum absolute atomic E-state index is 7.40. The zero-order valence-electron chi connectivity index (χ0n) is 7.42. The Bertz CT molecular complexity index is 168. The summed E-state index contributed by atoms with van der Waals surface area (Å²) >= 11 is 0. The van der Waals surface area contributed by atoms with Crippen LogP contribution in [0.5, 0.6) is 0 Å². The molecule has 0 atom stereocenters. The molecule has 2 rings (SSSR count). The first-order chi connectivity index (χ1) is 5.75. The molecule has 0 heterocycles. The Balaban J connectivity index is 1.77. The maximum atomic E-state index is 7.40.